The molecule has 3 rings (SSSR count). The first kappa shape index (κ1) is 23.3. The molecule has 8 heteroatoms. The number of rotatable bonds is 9. The summed E-state index contributed by atoms with van der Waals surface area (Å²) in [7, 11) is 0. The lowest BCUT2D eigenvalue weighted by molar-refractivity contribution is -0.146. The number of aliphatic hydroxyl groups excluding tert-OH is 1. The second-order valence-corrected chi connectivity index (χ2v) is 8.25. The van der Waals surface area contributed by atoms with E-state index in [9.17, 15) is 19.5 Å². The average molecular weight is 440 g/mol. The zero-order valence-electron chi connectivity index (χ0n) is 18.1. The van der Waals surface area contributed by atoms with Crippen molar-refractivity contribution >= 4 is 18.0 Å². The zero-order chi connectivity index (χ0) is 23.3. The van der Waals surface area contributed by atoms with Crippen LogP contribution >= 0.6 is 0 Å². The molecule has 0 saturated carbocycles. The van der Waals surface area contributed by atoms with Crippen molar-refractivity contribution in [2.24, 2.45) is 5.92 Å². The first-order valence-corrected chi connectivity index (χ1v) is 10.6. The molecular weight excluding hydrogens is 412 g/mol. The molecule has 8 nitrogen and oxygen atoms in total. The number of carbonyl (C=O) groups excluding carboxylic acids is 2. The molecule has 4 N–H and O–H groups in total. The number of alkyl carbamates (subject to hydrolysis) is 1. The van der Waals surface area contributed by atoms with Gasteiger partial charge in [0.1, 0.15) is 12.6 Å². The van der Waals surface area contributed by atoms with Crippen molar-refractivity contribution in [3.8, 4) is 11.1 Å². The molecule has 0 fully saturated rings. The van der Waals surface area contributed by atoms with Crippen LogP contribution in [0.15, 0.2) is 48.5 Å². The number of carbonyl (C=O) groups is 3. The Morgan fingerprint density at radius 1 is 1.00 bits per heavy atom. The van der Waals surface area contributed by atoms with E-state index in [0.29, 0.717) is 6.42 Å². The lowest BCUT2D eigenvalue weighted by atomic mass is 9.98. The SMILES string of the molecule is CC(C)CC(NC(=O)OCC1c2ccccc2-c2ccccc21)C(=O)NCC(O)C(=O)O. The van der Waals surface area contributed by atoms with Crippen molar-refractivity contribution in [3.63, 3.8) is 0 Å². The number of hydrogen-bond acceptors (Lipinski definition) is 5. The Bertz CT molecular complexity index is 944. The monoisotopic (exact) mass is 440 g/mol. The molecule has 0 heterocycles. The molecule has 0 spiro atoms. The van der Waals surface area contributed by atoms with Crippen molar-refractivity contribution in [1.82, 2.24) is 10.6 Å². The molecule has 0 saturated heterocycles. The van der Waals surface area contributed by atoms with E-state index in [4.69, 9.17) is 9.84 Å². The van der Waals surface area contributed by atoms with E-state index in [2.05, 4.69) is 10.6 Å². The van der Waals surface area contributed by atoms with Crippen LogP contribution in [0.2, 0.25) is 0 Å². The summed E-state index contributed by atoms with van der Waals surface area (Å²) in [6.07, 6.45) is -2.11. The van der Waals surface area contributed by atoms with Gasteiger partial charge in [-0.15, -0.1) is 0 Å². The smallest absolute Gasteiger partial charge is 0.407 e. The molecule has 2 unspecified atom stereocenters. The van der Waals surface area contributed by atoms with Crippen LogP contribution in [-0.4, -0.2) is 53.5 Å². The van der Waals surface area contributed by atoms with Crippen LogP contribution < -0.4 is 10.6 Å². The van der Waals surface area contributed by atoms with Crippen LogP contribution in [0.1, 0.15) is 37.3 Å². The molecule has 0 bridgehead atoms. The van der Waals surface area contributed by atoms with E-state index in [1.165, 1.54) is 0 Å². The number of hydrogen-bond donors (Lipinski definition) is 4. The molecule has 1 aliphatic rings. The fourth-order valence-corrected chi connectivity index (χ4v) is 3.89. The molecule has 32 heavy (non-hydrogen) atoms. The van der Waals surface area contributed by atoms with E-state index in [-0.39, 0.29) is 18.4 Å². The van der Waals surface area contributed by atoms with Gasteiger partial charge in [-0.25, -0.2) is 9.59 Å². The normalized spacial score (nSPS) is 14.2. The van der Waals surface area contributed by atoms with E-state index < -0.39 is 36.7 Å². The van der Waals surface area contributed by atoms with Crippen molar-refractivity contribution in [2.75, 3.05) is 13.2 Å². The average Bonchev–Trinajstić information content (AvgIpc) is 3.08. The standard InChI is InChI=1S/C24H28N2O6/c1-14(2)11-20(22(28)25-12-21(27)23(29)30)26-24(31)32-13-19-17-9-5-3-7-15(17)16-8-4-6-10-18(16)19/h3-10,14,19-21,27H,11-13H2,1-2H3,(H,25,28)(H,26,31)(H,29,30). The number of carboxylic acid groups (broad SMARTS) is 1. The summed E-state index contributed by atoms with van der Waals surface area (Å²) in [5, 5.41) is 23.0. The number of fused-ring (bicyclic) bond motifs is 3. The highest BCUT2D eigenvalue weighted by molar-refractivity contribution is 5.86. The summed E-state index contributed by atoms with van der Waals surface area (Å²) < 4.78 is 5.49. The predicted molar refractivity (Wildman–Crippen MR) is 118 cm³/mol. The molecule has 2 aromatic carbocycles. The van der Waals surface area contributed by atoms with E-state index in [0.717, 1.165) is 22.3 Å². The molecule has 2 aromatic rings. The van der Waals surface area contributed by atoms with Gasteiger partial charge in [0, 0.05) is 5.92 Å². The molecule has 1 aliphatic carbocycles. The third-order valence-electron chi connectivity index (χ3n) is 5.41. The minimum Gasteiger partial charge on any atom is -0.479 e. The minimum absolute atomic E-state index is 0.0871. The van der Waals surface area contributed by atoms with Gasteiger partial charge in [0.25, 0.3) is 0 Å². The lowest BCUT2D eigenvalue weighted by Crippen LogP contribution is -2.49. The third kappa shape index (κ3) is 5.45. The molecular formula is C24H28N2O6. The van der Waals surface area contributed by atoms with Gasteiger partial charge in [0.2, 0.25) is 5.91 Å². The van der Waals surface area contributed by atoms with Crippen molar-refractivity contribution in [3.05, 3.63) is 59.7 Å². The second kappa shape index (κ2) is 10.3. The summed E-state index contributed by atoms with van der Waals surface area (Å²) in [5.41, 5.74) is 4.40. The van der Waals surface area contributed by atoms with Gasteiger partial charge in [-0.1, -0.05) is 62.4 Å². The van der Waals surface area contributed by atoms with Gasteiger partial charge >= 0.3 is 12.1 Å². The predicted octanol–water partition coefficient (Wildman–Crippen LogP) is 2.50. The van der Waals surface area contributed by atoms with Crippen LogP contribution in [0.5, 0.6) is 0 Å². The fraction of sp³-hybridized carbons (Fsp3) is 0.375. The van der Waals surface area contributed by atoms with Gasteiger partial charge in [0.05, 0.1) is 6.54 Å². The Hall–Kier alpha value is -3.39. The summed E-state index contributed by atoms with van der Waals surface area (Å²) in [6.45, 7) is 3.46. The van der Waals surface area contributed by atoms with Crippen LogP contribution in [0.3, 0.4) is 0 Å². The van der Waals surface area contributed by atoms with Crippen LogP contribution in [0.25, 0.3) is 11.1 Å². The first-order valence-electron chi connectivity index (χ1n) is 10.6. The second-order valence-electron chi connectivity index (χ2n) is 8.25. The zero-order valence-corrected chi connectivity index (χ0v) is 18.1. The largest absolute Gasteiger partial charge is 0.479 e. The molecule has 170 valence electrons. The maximum absolute atomic E-state index is 12.5. The maximum Gasteiger partial charge on any atom is 0.407 e. The minimum atomic E-state index is -1.71. The highest BCUT2D eigenvalue weighted by atomic mass is 16.5. The number of aliphatic carboxylic acids is 1. The van der Waals surface area contributed by atoms with Crippen molar-refractivity contribution in [1.29, 1.82) is 0 Å². The molecule has 2 atom stereocenters. The Balaban J connectivity index is 1.63. The first-order chi connectivity index (χ1) is 15.3. The number of nitrogens with one attached hydrogen (secondary N) is 2. The van der Waals surface area contributed by atoms with Gasteiger partial charge in [-0.2, -0.15) is 0 Å². The summed E-state index contributed by atoms with van der Waals surface area (Å²) >= 11 is 0. The fourth-order valence-electron chi connectivity index (χ4n) is 3.89. The third-order valence-corrected chi connectivity index (χ3v) is 5.41. The van der Waals surface area contributed by atoms with Crippen molar-refractivity contribution < 1.29 is 29.3 Å². The quantitative estimate of drug-likeness (QED) is 0.475. The van der Waals surface area contributed by atoms with Gasteiger partial charge in [-0.05, 0) is 34.6 Å². The molecule has 2 amide bonds. The van der Waals surface area contributed by atoms with E-state index in [1.54, 1.807) is 0 Å². The van der Waals surface area contributed by atoms with Gasteiger partial charge in [0.15, 0.2) is 6.10 Å². The van der Waals surface area contributed by atoms with Crippen molar-refractivity contribution in [2.45, 2.75) is 38.3 Å². The molecule has 0 aromatic heterocycles. The lowest BCUT2D eigenvalue weighted by Gasteiger charge is -2.21. The van der Waals surface area contributed by atoms with Crippen LogP contribution in [0.4, 0.5) is 4.79 Å². The van der Waals surface area contributed by atoms with Gasteiger partial charge < -0.3 is 25.6 Å². The maximum atomic E-state index is 12.5. The topological polar surface area (TPSA) is 125 Å². The number of benzene rings is 2. The summed E-state index contributed by atoms with van der Waals surface area (Å²) in [6, 6.07) is 15.1. The Morgan fingerprint density at radius 2 is 1.56 bits per heavy atom. The summed E-state index contributed by atoms with van der Waals surface area (Å²) in [4.78, 5) is 35.7. The Labute approximate surface area is 186 Å². The number of carboxylic acids is 1. The summed E-state index contributed by atoms with van der Waals surface area (Å²) in [5.74, 6) is -2.03. The number of amides is 2. The Morgan fingerprint density at radius 3 is 2.09 bits per heavy atom. The number of ether oxygens (including phenoxy) is 1. The van der Waals surface area contributed by atoms with E-state index >= 15 is 0 Å². The molecule has 0 aliphatic heterocycles. The van der Waals surface area contributed by atoms with Crippen LogP contribution in [-0.2, 0) is 14.3 Å². The Kier molecular flexibility index (Phi) is 7.48. The number of aliphatic hydroxyl groups is 1. The van der Waals surface area contributed by atoms with Crippen LogP contribution in [0, 0.1) is 5.92 Å². The molecule has 0 radical (unpaired) electrons. The van der Waals surface area contributed by atoms with E-state index in [1.807, 2.05) is 62.4 Å². The van der Waals surface area contributed by atoms with Gasteiger partial charge in [-0.3, -0.25) is 4.79 Å². The highest BCUT2D eigenvalue weighted by Crippen LogP contribution is 2.44. The highest BCUT2D eigenvalue weighted by Gasteiger charge is 2.30.